The fourth-order valence-corrected chi connectivity index (χ4v) is 3.80. The third kappa shape index (κ3) is 2.46. The highest BCUT2D eigenvalue weighted by Crippen LogP contribution is 2.36. The predicted octanol–water partition coefficient (Wildman–Crippen LogP) is 5.94. The highest BCUT2D eigenvalue weighted by atomic mass is 16.5. The summed E-state index contributed by atoms with van der Waals surface area (Å²) >= 11 is 0. The minimum atomic E-state index is 0.230. The van der Waals surface area contributed by atoms with E-state index in [-0.39, 0.29) is 12.2 Å². The van der Waals surface area contributed by atoms with Crippen LogP contribution in [0.4, 0.5) is 0 Å². The summed E-state index contributed by atoms with van der Waals surface area (Å²) in [6, 6.07) is 20.1. The highest BCUT2D eigenvalue weighted by Gasteiger charge is 2.13. The Labute approximate surface area is 137 Å². The Kier molecular flexibility index (Phi) is 3.46. The Bertz CT molecular complexity index is 952. The van der Waals surface area contributed by atoms with Crippen molar-refractivity contribution in [1.82, 2.24) is 0 Å². The quantitative estimate of drug-likeness (QED) is 0.424. The molecule has 0 saturated heterocycles. The molecule has 0 unspecified atom stereocenters. The van der Waals surface area contributed by atoms with E-state index >= 15 is 0 Å². The molecule has 1 nitrogen and oxygen atoms in total. The fraction of sp³-hybridized carbons (Fsp3) is 0.273. The largest absolute Gasteiger partial charge is 0.376 e. The van der Waals surface area contributed by atoms with Gasteiger partial charge in [0.25, 0.3) is 0 Å². The summed E-state index contributed by atoms with van der Waals surface area (Å²) in [5.41, 5.74) is 1.38. The number of ether oxygens (including phenoxy) is 1. The van der Waals surface area contributed by atoms with Gasteiger partial charge < -0.3 is 4.74 Å². The van der Waals surface area contributed by atoms with Gasteiger partial charge in [-0.25, -0.2) is 0 Å². The monoisotopic (exact) mass is 302 g/mol. The van der Waals surface area contributed by atoms with Crippen LogP contribution in [0.5, 0.6) is 0 Å². The van der Waals surface area contributed by atoms with Gasteiger partial charge in [-0.15, -0.1) is 0 Å². The van der Waals surface area contributed by atoms with Crippen LogP contribution in [0.15, 0.2) is 54.6 Å². The smallest absolute Gasteiger partial charge is 0.0591 e. The second kappa shape index (κ2) is 5.50. The fourth-order valence-electron chi connectivity index (χ4n) is 3.80. The van der Waals surface area contributed by atoms with E-state index in [9.17, 15) is 0 Å². The lowest BCUT2D eigenvalue weighted by molar-refractivity contribution is 0.0196. The first-order valence-corrected chi connectivity index (χ1v) is 8.44. The van der Waals surface area contributed by atoms with E-state index in [1.165, 1.54) is 37.9 Å². The van der Waals surface area contributed by atoms with Crippen LogP contribution in [0, 0.1) is 0 Å². The maximum atomic E-state index is 5.94. The molecule has 0 heterocycles. The van der Waals surface area contributed by atoms with E-state index < -0.39 is 0 Å². The third-order valence-electron chi connectivity index (χ3n) is 4.63. The summed E-state index contributed by atoms with van der Waals surface area (Å²) in [6.07, 6.45) is 1.45. The Morgan fingerprint density at radius 3 is 2.04 bits per heavy atom. The molecule has 0 aliphatic heterocycles. The second-order valence-corrected chi connectivity index (χ2v) is 6.78. The molecule has 4 rings (SSSR count). The molecule has 0 amide bonds. The lowest BCUT2D eigenvalue weighted by Gasteiger charge is -2.18. The van der Waals surface area contributed by atoms with E-state index in [2.05, 4.69) is 75.4 Å². The third-order valence-corrected chi connectivity index (χ3v) is 4.63. The molecule has 0 radical (unpaired) electrons. The molecule has 0 aromatic heterocycles. The van der Waals surface area contributed by atoms with Gasteiger partial charge in [0.1, 0.15) is 0 Å². The molecular weight excluding hydrogens is 280 g/mol. The topological polar surface area (TPSA) is 9.23 Å². The van der Waals surface area contributed by atoms with Crippen molar-refractivity contribution in [2.75, 3.05) is 0 Å². The zero-order valence-electron chi connectivity index (χ0n) is 14.0. The molecule has 4 aromatic rings. The zero-order chi connectivity index (χ0) is 16.0. The highest BCUT2D eigenvalue weighted by molar-refractivity contribution is 6.23. The van der Waals surface area contributed by atoms with Crippen LogP contribution in [0.1, 0.15) is 26.3 Å². The Morgan fingerprint density at radius 2 is 1.35 bits per heavy atom. The van der Waals surface area contributed by atoms with Gasteiger partial charge >= 0.3 is 0 Å². The van der Waals surface area contributed by atoms with Gasteiger partial charge in [0.05, 0.1) is 12.2 Å². The van der Waals surface area contributed by atoms with Crippen LogP contribution in [0.3, 0.4) is 0 Å². The van der Waals surface area contributed by atoms with E-state index in [0.29, 0.717) is 0 Å². The standard InChI is InChI=1S/C22H22O/c1-14(2)23-15(3)13-19-10-9-18-8-7-16-5-4-6-17-11-12-20(19)22(18)21(16)17/h4-12,14-15H,13H2,1-3H3/t15-/m0/s1. The van der Waals surface area contributed by atoms with Crippen LogP contribution in [0.25, 0.3) is 32.3 Å². The van der Waals surface area contributed by atoms with Gasteiger partial charge in [-0.05, 0) is 65.1 Å². The molecule has 0 N–H and O–H groups in total. The van der Waals surface area contributed by atoms with Crippen molar-refractivity contribution >= 4 is 32.3 Å². The van der Waals surface area contributed by atoms with E-state index in [0.717, 1.165) is 6.42 Å². The molecule has 0 saturated carbocycles. The zero-order valence-corrected chi connectivity index (χ0v) is 14.0. The molecule has 0 spiro atoms. The number of rotatable bonds is 4. The van der Waals surface area contributed by atoms with Gasteiger partial charge in [0, 0.05) is 0 Å². The minimum absolute atomic E-state index is 0.230. The molecule has 0 bridgehead atoms. The average Bonchev–Trinajstić information content (AvgIpc) is 2.53. The van der Waals surface area contributed by atoms with Crippen molar-refractivity contribution in [2.24, 2.45) is 0 Å². The average molecular weight is 302 g/mol. The lowest BCUT2D eigenvalue weighted by atomic mass is 9.90. The normalized spacial score (nSPS) is 13.6. The molecule has 0 aliphatic rings. The van der Waals surface area contributed by atoms with Crippen LogP contribution in [0.2, 0.25) is 0 Å². The van der Waals surface area contributed by atoms with Crippen LogP contribution in [-0.2, 0) is 11.2 Å². The number of hydrogen-bond donors (Lipinski definition) is 0. The maximum absolute atomic E-state index is 5.94. The van der Waals surface area contributed by atoms with Crippen molar-refractivity contribution < 1.29 is 4.74 Å². The van der Waals surface area contributed by atoms with Crippen LogP contribution >= 0.6 is 0 Å². The van der Waals surface area contributed by atoms with Gasteiger partial charge in [0.2, 0.25) is 0 Å². The van der Waals surface area contributed by atoms with Crippen molar-refractivity contribution in [2.45, 2.75) is 39.4 Å². The first-order chi connectivity index (χ1) is 11.1. The van der Waals surface area contributed by atoms with E-state index in [1.54, 1.807) is 0 Å². The van der Waals surface area contributed by atoms with Crippen molar-refractivity contribution in [3.05, 3.63) is 60.2 Å². The second-order valence-electron chi connectivity index (χ2n) is 6.78. The van der Waals surface area contributed by atoms with E-state index in [1.807, 2.05) is 0 Å². The van der Waals surface area contributed by atoms with E-state index in [4.69, 9.17) is 4.74 Å². The summed E-state index contributed by atoms with van der Waals surface area (Å²) in [6.45, 7) is 6.36. The molecule has 23 heavy (non-hydrogen) atoms. The first kappa shape index (κ1) is 14.5. The summed E-state index contributed by atoms with van der Waals surface area (Å²) in [4.78, 5) is 0. The predicted molar refractivity (Wildman–Crippen MR) is 99.5 cm³/mol. The van der Waals surface area contributed by atoms with Crippen LogP contribution < -0.4 is 0 Å². The first-order valence-electron chi connectivity index (χ1n) is 8.44. The summed E-state index contributed by atoms with van der Waals surface area (Å²) in [7, 11) is 0. The minimum Gasteiger partial charge on any atom is -0.376 e. The Morgan fingerprint density at radius 1 is 0.739 bits per heavy atom. The van der Waals surface area contributed by atoms with Gasteiger partial charge in [-0.3, -0.25) is 0 Å². The molecule has 0 fully saturated rings. The number of hydrogen-bond acceptors (Lipinski definition) is 1. The SMILES string of the molecule is CC(C)O[C@@H](C)Cc1ccc2ccc3cccc4ccc1c2c34. The van der Waals surface area contributed by atoms with Gasteiger partial charge in [-0.1, -0.05) is 54.6 Å². The molecule has 4 aromatic carbocycles. The maximum Gasteiger partial charge on any atom is 0.0591 e. The molecular formula is C22H22O. The van der Waals surface area contributed by atoms with Crippen LogP contribution in [-0.4, -0.2) is 12.2 Å². The van der Waals surface area contributed by atoms with Gasteiger partial charge in [0.15, 0.2) is 0 Å². The number of benzene rings is 4. The Hall–Kier alpha value is -2.12. The Balaban J connectivity index is 1.93. The molecule has 0 aliphatic carbocycles. The van der Waals surface area contributed by atoms with Crippen molar-refractivity contribution in [1.29, 1.82) is 0 Å². The van der Waals surface area contributed by atoms with Crippen molar-refractivity contribution in [3.8, 4) is 0 Å². The summed E-state index contributed by atoms with van der Waals surface area (Å²) in [5, 5.41) is 8.13. The molecule has 1 heteroatoms. The van der Waals surface area contributed by atoms with Crippen molar-refractivity contribution in [3.63, 3.8) is 0 Å². The van der Waals surface area contributed by atoms with Gasteiger partial charge in [-0.2, -0.15) is 0 Å². The summed E-state index contributed by atoms with van der Waals surface area (Å²) < 4.78 is 5.94. The lowest BCUT2D eigenvalue weighted by Crippen LogP contribution is -2.16. The molecule has 116 valence electrons. The summed E-state index contributed by atoms with van der Waals surface area (Å²) in [5.74, 6) is 0. The molecule has 1 atom stereocenters.